The van der Waals surface area contributed by atoms with E-state index in [-0.39, 0.29) is 23.4 Å². The van der Waals surface area contributed by atoms with Gasteiger partial charge in [0, 0.05) is 0 Å². The Bertz CT molecular complexity index is 113. The minimum absolute atomic E-state index is 0. The van der Waals surface area contributed by atoms with Crippen molar-refractivity contribution in [2.45, 2.75) is 12.2 Å². The van der Waals surface area contributed by atoms with E-state index in [1.165, 1.54) is 0 Å². The molecule has 1 radical (unpaired) electrons. The molecule has 0 unspecified atom stereocenters. The van der Waals surface area contributed by atoms with Gasteiger partial charge in [-0.3, -0.25) is 14.7 Å². The molecule has 0 aliphatic carbocycles. The van der Waals surface area contributed by atoms with Gasteiger partial charge < -0.3 is 0 Å². The van der Waals surface area contributed by atoms with Crippen LogP contribution in [0.4, 0.5) is 0 Å². The Labute approximate surface area is 94.0 Å². The maximum atomic E-state index is 4.00. The predicted molar refractivity (Wildman–Crippen MR) is 65.1 cm³/mol. The summed E-state index contributed by atoms with van der Waals surface area (Å²) < 4.78 is 0. The first-order valence-electron chi connectivity index (χ1n) is 4.21. The van der Waals surface area contributed by atoms with E-state index in [4.69, 9.17) is 0 Å². The molecule has 3 nitrogen and oxygen atoms in total. The van der Waals surface area contributed by atoms with Crippen molar-refractivity contribution in [3.8, 4) is 0 Å². The summed E-state index contributed by atoms with van der Waals surface area (Å²) in [6.07, 6.45) is 0.833. The summed E-state index contributed by atoms with van der Waals surface area (Å²) in [7, 11) is 12.4. The molecule has 0 heterocycles. The normalized spacial score (nSPS) is 12.5. The van der Waals surface area contributed by atoms with Crippen molar-refractivity contribution in [1.29, 1.82) is 0 Å². The van der Waals surface area contributed by atoms with Crippen LogP contribution in [0.2, 0.25) is 0 Å². The number of nitrogens with zero attached hydrogens (tertiary/aromatic N) is 3. The van der Waals surface area contributed by atoms with E-state index in [0.29, 0.717) is 0 Å². The Kier molecular flexibility index (Phi) is 7.34. The Morgan fingerprint density at radius 3 is 1.08 bits per heavy atom. The molecule has 0 aliphatic rings. The monoisotopic (exact) mass is 250 g/mol. The van der Waals surface area contributed by atoms with Crippen LogP contribution in [0.15, 0.2) is 0 Å². The Hall–Kier alpha value is 0.423. The van der Waals surface area contributed by atoms with Crippen LogP contribution in [0.1, 0.15) is 6.42 Å². The van der Waals surface area contributed by atoms with Crippen molar-refractivity contribution >= 4 is 17.6 Å². The molecule has 13 heavy (non-hydrogen) atoms. The van der Waals surface area contributed by atoms with Gasteiger partial charge in [-0.25, -0.2) is 0 Å². The van der Waals surface area contributed by atoms with E-state index in [1.807, 2.05) is 0 Å². The minimum atomic E-state index is -0.0694. The number of hydrogen-bond acceptors (Lipinski definition) is 3. The van der Waals surface area contributed by atoms with E-state index in [9.17, 15) is 0 Å². The van der Waals surface area contributed by atoms with E-state index in [2.05, 4.69) is 63.9 Å². The molecule has 0 aromatic rings. The van der Waals surface area contributed by atoms with E-state index in [0.717, 1.165) is 6.42 Å². The van der Waals surface area contributed by atoms with E-state index in [1.54, 1.807) is 0 Å². The van der Waals surface area contributed by atoms with Crippen molar-refractivity contribution in [3.63, 3.8) is 0 Å². The fourth-order valence-corrected chi connectivity index (χ4v) is 1.87. The van der Waals surface area contributed by atoms with Crippen LogP contribution in [-0.4, -0.2) is 80.4 Å². The van der Waals surface area contributed by atoms with Crippen LogP contribution in [0.3, 0.4) is 0 Å². The van der Waals surface area contributed by atoms with Crippen LogP contribution >= 0.6 is 0 Å². The molecule has 0 aromatic carbocycles. The third-order valence-electron chi connectivity index (χ3n) is 2.48. The first-order chi connectivity index (χ1) is 5.39. The molecule has 0 N–H and O–H groups in total. The summed E-state index contributed by atoms with van der Waals surface area (Å²) in [6.45, 7) is 4.00. The van der Waals surface area contributed by atoms with E-state index >= 15 is 0 Å². The van der Waals surface area contributed by atoms with Crippen molar-refractivity contribution in [2.24, 2.45) is 0 Å². The summed E-state index contributed by atoms with van der Waals surface area (Å²) in [5.41, 5.74) is 0. The average molecular weight is 249 g/mol. The molecule has 0 aromatic heterocycles. The van der Waals surface area contributed by atoms with Gasteiger partial charge in [0.25, 0.3) is 0 Å². The number of rotatable bonds is 4. The quantitative estimate of drug-likeness (QED) is 0.472. The zero-order chi connectivity index (χ0) is 9.94. The standard InChI is InChI=1S/C9H22N3.GeH4/c1-8-9(10(2)3,11(4)5)12(6)7;/h1,8H2,2-7H3;1H4. The van der Waals surface area contributed by atoms with Crippen molar-refractivity contribution in [3.05, 3.63) is 6.92 Å². The Morgan fingerprint density at radius 2 is 1.08 bits per heavy atom. The summed E-state index contributed by atoms with van der Waals surface area (Å²) in [6, 6.07) is 0. The molecular weight excluding hydrogens is 223 g/mol. The van der Waals surface area contributed by atoms with Crippen LogP contribution in [-0.2, 0) is 0 Å². The zero-order valence-corrected chi connectivity index (χ0v) is 9.26. The predicted octanol–water partition coefficient (Wildman–Crippen LogP) is -0.902. The fourth-order valence-electron chi connectivity index (χ4n) is 1.87. The van der Waals surface area contributed by atoms with Gasteiger partial charge in [-0.1, -0.05) is 0 Å². The molecule has 0 amide bonds. The van der Waals surface area contributed by atoms with E-state index < -0.39 is 0 Å². The van der Waals surface area contributed by atoms with Gasteiger partial charge in [0.05, 0.1) is 0 Å². The van der Waals surface area contributed by atoms with Crippen LogP contribution in [0, 0.1) is 6.92 Å². The van der Waals surface area contributed by atoms with Gasteiger partial charge >= 0.3 is 17.6 Å². The van der Waals surface area contributed by atoms with Gasteiger partial charge in [-0.15, -0.1) is 0 Å². The van der Waals surface area contributed by atoms with Gasteiger partial charge in [0.15, 0.2) is 0 Å². The second-order valence-corrected chi connectivity index (χ2v) is 3.71. The average Bonchev–Trinajstić information content (AvgIpc) is 1.86. The third kappa shape index (κ3) is 2.94. The van der Waals surface area contributed by atoms with Crippen molar-refractivity contribution in [1.82, 2.24) is 14.7 Å². The van der Waals surface area contributed by atoms with Gasteiger partial charge in [-0.05, 0) is 55.6 Å². The van der Waals surface area contributed by atoms with Crippen molar-refractivity contribution < 1.29 is 0 Å². The second kappa shape index (κ2) is 6.01. The molecule has 0 saturated heterocycles. The van der Waals surface area contributed by atoms with Crippen molar-refractivity contribution in [2.75, 3.05) is 42.3 Å². The van der Waals surface area contributed by atoms with Crippen LogP contribution in [0.25, 0.3) is 0 Å². The molecule has 0 fully saturated rings. The van der Waals surface area contributed by atoms with Crippen LogP contribution in [0.5, 0.6) is 0 Å². The topological polar surface area (TPSA) is 9.72 Å². The van der Waals surface area contributed by atoms with Gasteiger partial charge in [-0.2, -0.15) is 0 Å². The summed E-state index contributed by atoms with van der Waals surface area (Å²) in [5.74, 6) is -0.0694. The molecule has 0 bridgehead atoms. The third-order valence-corrected chi connectivity index (χ3v) is 2.48. The van der Waals surface area contributed by atoms with Gasteiger partial charge in [0.1, 0.15) is 5.79 Å². The molecule has 0 saturated carbocycles. The summed E-state index contributed by atoms with van der Waals surface area (Å²) in [4.78, 5) is 6.54. The molecule has 0 atom stereocenters. The van der Waals surface area contributed by atoms with Gasteiger partial charge in [0.2, 0.25) is 0 Å². The molecule has 0 spiro atoms. The molecule has 81 valence electrons. The first-order valence-corrected chi connectivity index (χ1v) is 4.21. The second-order valence-electron chi connectivity index (χ2n) is 3.71. The SMILES string of the molecule is [CH2]CC(N(C)C)(N(C)C)N(C)C.[GeH4]. The molecular formula is C9H26GeN3. The zero-order valence-electron chi connectivity index (χ0n) is 9.26. The molecule has 0 rings (SSSR count). The summed E-state index contributed by atoms with van der Waals surface area (Å²) >= 11 is 0. The Morgan fingerprint density at radius 1 is 0.846 bits per heavy atom. The number of hydrogen-bond donors (Lipinski definition) is 0. The molecule has 0 aliphatic heterocycles. The summed E-state index contributed by atoms with van der Waals surface area (Å²) in [5, 5.41) is 0. The first kappa shape index (κ1) is 15.9. The van der Waals surface area contributed by atoms with Crippen LogP contribution < -0.4 is 0 Å². The maximum absolute atomic E-state index is 4.00. The fraction of sp³-hybridized carbons (Fsp3) is 0.889. The Balaban J connectivity index is 0. The molecule has 4 heteroatoms.